The van der Waals surface area contributed by atoms with E-state index >= 15 is 0 Å². The van der Waals surface area contributed by atoms with Gasteiger partial charge >= 0.3 is 0 Å². The lowest BCUT2D eigenvalue weighted by Crippen LogP contribution is -2.03. The second-order valence-electron chi connectivity index (χ2n) is 7.73. The summed E-state index contributed by atoms with van der Waals surface area (Å²) in [5, 5.41) is 2.57. The molecule has 32 heavy (non-hydrogen) atoms. The fourth-order valence-electron chi connectivity index (χ4n) is 3.85. The summed E-state index contributed by atoms with van der Waals surface area (Å²) >= 11 is 0. The van der Waals surface area contributed by atoms with Crippen LogP contribution in [0.15, 0.2) is 103 Å². The Morgan fingerprint density at radius 2 is 0.938 bits per heavy atom. The van der Waals surface area contributed by atoms with Crippen LogP contribution < -0.4 is 10.9 Å². The molecule has 0 unspecified atom stereocenters. The third-order valence-electron chi connectivity index (χ3n) is 5.75. The van der Waals surface area contributed by atoms with Crippen LogP contribution in [-0.4, -0.2) is 0 Å². The second kappa shape index (κ2) is 7.82. The fourth-order valence-corrected chi connectivity index (χ4v) is 3.85. The maximum atomic E-state index is 12.3. The van der Waals surface area contributed by atoms with Crippen LogP contribution in [0.5, 0.6) is 0 Å². The average Bonchev–Trinajstić information content (AvgIpc) is 2.83. The van der Waals surface area contributed by atoms with Crippen LogP contribution >= 0.6 is 0 Å². The van der Waals surface area contributed by atoms with Crippen molar-refractivity contribution >= 4 is 43.9 Å². The SMILES string of the molecule is Cc1ccc2c(=O)c3ccccc3oc2c1C.O=c1c2ccccc2oc2ccccc12. The maximum absolute atomic E-state index is 12.3. The molecule has 4 aromatic carbocycles. The van der Waals surface area contributed by atoms with E-state index in [1.165, 1.54) is 0 Å². The van der Waals surface area contributed by atoms with E-state index in [1.54, 1.807) is 18.2 Å². The van der Waals surface area contributed by atoms with Gasteiger partial charge in [-0.2, -0.15) is 0 Å². The van der Waals surface area contributed by atoms with Crippen molar-refractivity contribution in [2.24, 2.45) is 0 Å². The summed E-state index contributed by atoms with van der Waals surface area (Å²) in [6, 6.07) is 25.8. The largest absolute Gasteiger partial charge is 0.456 e. The molecule has 0 saturated heterocycles. The van der Waals surface area contributed by atoms with Gasteiger partial charge in [-0.15, -0.1) is 0 Å². The van der Waals surface area contributed by atoms with Crippen LogP contribution in [0, 0.1) is 13.8 Å². The van der Waals surface area contributed by atoms with Gasteiger partial charge < -0.3 is 8.83 Å². The third kappa shape index (κ3) is 3.26. The minimum atomic E-state index is 0.0347. The zero-order valence-corrected chi connectivity index (χ0v) is 17.7. The predicted molar refractivity (Wildman–Crippen MR) is 129 cm³/mol. The molecule has 0 amide bonds. The van der Waals surface area contributed by atoms with Gasteiger partial charge in [0.1, 0.15) is 22.3 Å². The molecule has 2 heterocycles. The molecular formula is C28H20O4. The van der Waals surface area contributed by atoms with Gasteiger partial charge in [-0.1, -0.05) is 42.5 Å². The Morgan fingerprint density at radius 3 is 1.47 bits per heavy atom. The molecule has 0 aliphatic rings. The van der Waals surface area contributed by atoms with Gasteiger partial charge in [-0.3, -0.25) is 9.59 Å². The van der Waals surface area contributed by atoms with Crippen molar-refractivity contribution in [1.82, 2.24) is 0 Å². The lowest BCUT2D eigenvalue weighted by Gasteiger charge is -2.05. The zero-order valence-electron chi connectivity index (χ0n) is 17.7. The number of benzene rings is 4. The summed E-state index contributed by atoms with van der Waals surface area (Å²) < 4.78 is 11.5. The molecule has 0 spiro atoms. The highest BCUT2D eigenvalue weighted by Gasteiger charge is 2.10. The van der Waals surface area contributed by atoms with Gasteiger partial charge in [0.05, 0.1) is 21.5 Å². The monoisotopic (exact) mass is 420 g/mol. The van der Waals surface area contributed by atoms with Crippen molar-refractivity contribution in [3.8, 4) is 0 Å². The molecule has 0 N–H and O–H groups in total. The van der Waals surface area contributed by atoms with Crippen molar-refractivity contribution in [2.45, 2.75) is 13.8 Å². The highest BCUT2D eigenvalue weighted by Crippen LogP contribution is 2.23. The van der Waals surface area contributed by atoms with E-state index in [9.17, 15) is 9.59 Å². The van der Waals surface area contributed by atoms with Gasteiger partial charge in [0, 0.05) is 0 Å². The Labute approximate surface area is 183 Å². The van der Waals surface area contributed by atoms with E-state index in [2.05, 4.69) is 0 Å². The normalized spacial score (nSPS) is 11.1. The summed E-state index contributed by atoms with van der Waals surface area (Å²) in [5.74, 6) is 0. The van der Waals surface area contributed by atoms with E-state index in [4.69, 9.17) is 8.83 Å². The summed E-state index contributed by atoms with van der Waals surface area (Å²) in [4.78, 5) is 24.3. The van der Waals surface area contributed by atoms with Crippen LogP contribution in [0.2, 0.25) is 0 Å². The number of hydrogen-bond acceptors (Lipinski definition) is 4. The first-order valence-corrected chi connectivity index (χ1v) is 10.4. The molecule has 6 rings (SSSR count). The molecule has 0 bridgehead atoms. The standard InChI is InChI=1S/C15H12O2.C13H8O2/c1-9-7-8-12-14(16)11-5-3-4-6-13(11)17-15(12)10(9)2;14-13-9-5-1-3-7-11(9)15-12-8-4-2-6-10(12)13/h3-8H,1-2H3;1-8H. The van der Waals surface area contributed by atoms with Crippen molar-refractivity contribution < 1.29 is 8.83 Å². The fraction of sp³-hybridized carbons (Fsp3) is 0.0714. The number of para-hydroxylation sites is 3. The average molecular weight is 420 g/mol. The molecule has 0 atom stereocenters. The smallest absolute Gasteiger partial charge is 0.200 e. The van der Waals surface area contributed by atoms with Crippen LogP contribution in [0.3, 0.4) is 0 Å². The Morgan fingerprint density at radius 1 is 0.500 bits per heavy atom. The van der Waals surface area contributed by atoms with Gasteiger partial charge in [0.2, 0.25) is 10.9 Å². The molecule has 4 nitrogen and oxygen atoms in total. The first-order valence-electron chi connectivity index (χ1n) is 10.4. The Hall–Kier alpha value is -4.18. The highest BCUT2D eigenvalue weighted by molar-refractivity contribution is 5.91. The molecular weight excluding hydrogens is 400 g/mol. The van der Waals surface area contributed by atoms with Crippen LogP contribution in [-0.2, 0) is 0 Å². The summed E-state index contributed by atoms with van der Waals surface area (Å²) in [6.45, 7) is 4.00. The number of fused-ring (bicyclic) bond motifs is 4. The van der Waals surface area contributed by atoms with Crippen molar-refractivity contribution in [3.63, 3.8) is 0 Å². The van der Waals surface area contributed by atoms with Gasteiger partial charge in [0.15, 0.2) is 0 Å². The van der Waals surface area contributed by atoms with Crippen molar-refractivity contribution in [3.05, 3.63) is 117 Å². The number of rotatable bonds is 0. The molecule has 0 saturated carbocycles. The number of hydrogen-bond donors (Lipinski definition) is 0. The highest BCUT2D eigenvalue weighted by atomic mass is 16.3. The van der Waals surface area contributed by atoms with E-state index in [-0.39, 0.29) is 10.9 Å². The van der Waals surface area contributed by atoms with E-state index in [0.29, 0.717) is 43.9 Å². The van der Waals surface area contributed by atoms with Gasteiger partial charge in [-0.05, 0) is 67.4 Å². The van der Waals surface area contributed by atoms with Crippen molar-refractivity contribution in [2.75, 3.05) is 0 Å². The lowest BCUT2D eigenvalue weighted by molar-refractivity contribution is 0.656. The van der Waals surface area contributed by atoms with Crippen LogP contribution in [0.1, 0.15) is 11.1 Å². The molecule has 4 heteroatoms. The number of aryl methyl sites for hydroxylation is 2. The lowest BCUT2D eigenvalue weighted by atomic mass is 10.0. The van der Waals surface area contributed by atoms with E-state index < -0.39 is 0 Å². The molecule has 6 aromatic rings. The first kappa shape index (κ1) is 19.8. The molecule has 0 aliphatic carbocycles. The Bertz CT molecular complexity index is 1680. The third-order valence-corrected chi connectivity index (χ3v) is 5.75. The predicted octanol–water partition coefficient (Wildman–Crippen LogP) is 6.51. The van der Waals surface area contributed by atoms with Crippen LogP contribution in [0.4, 0.5) is 0 Å². The Balaban J connectivity index is 0.000000136. The quantitative estimate of drug-likeness (QED) is 0.263. The second-order valence-corrected chi connectivity index (χ2v) is 7.73. The molecule has 0 fully saturated rings. The summed E-state index contributed by atoms with van der Waals surface area (Å²) in [7, 11) is 0. The van der Waals surface area contributed by atoms with Crippen LogP contribution in [0.25, 0.3) is 43.9 Å². The molecule has 0 radical (unpaired) electrons. The van der Waals surface area contributed by atoms with E-state index in [0.717, 1.165) is 11.1 Å². The molecule has 2 aromatic heterocycles. The Kier molecular flexibility index (Phi) is 4.83. The zero-order chi connectivity index (χ0) is 22.2. The van der Waals surface area contributed by atoms with Gasteiger partial charge in [0.25, 0.3) is 0 Å². The molecule has 0 aliphatic heterocycles. The van der Waals surface area contributed by atoms with E-state index in [1.807, 2.05) is 80.6 Å². The first-order chi connectivity index (χ1) is 15.5. The minimum Gasteiger partial charge on any atom is -0.456 e. The molecule has 156 valence electrons. The minimum absolute atomic E-state index is 0.0347. The van der Waals surface area contributed by atoms with Crippen molar-refractivity contribution in [1.29, 1.82) is 0 Å². The van der Waals surface area contributed by atoms with Gasteiger partial charge in [-0.25, -0.2) is 0 Å². The maximum Gasteiger partial charge on any atom is 0.200 e. The summed E-state index contributed by atoms with van der Waals surface area (Å²) in [5.41, 5.74) is 4.88. The topological polar surface area (TPSA) is 60.4 Å². The summed E-state index contributed by atoms with van der Waals surface area (Å²) in [6.07, 6.45) is 0.